The van der Waals surface area contributed by atoms with E-state index in [1.54, 1.807) is 18.5 Å². The molecule has 1 heterocycles. The van der Waals surface area contributed by atoms with E-state index in [0.717, 1.165) is 23.5 Å². The Bertz CT molecular complexity index is 1010. The fourth-order valence-electron chi connectivity index (χ4n) is 2.71. The molecule has 0 radical (unpaired) electrons. The lowest BCUT2D eigenvalue weighted by Gasteiger charge is -2.11. The van der Waals surface area contributed by atoms with Crippen molar-refractivity contribution in [3.63, 3.8) is 0 Å². The summed E-state index contributed by atoms with van der Waals surface area (Å²) in [6.07, 6.45) is 3.30. The lowest BCUT2D eigenvalue weighted by Crippen LogP contribution is -2.28. The van der Waals surface area contributed by atoms with Crippen LogP contribution in [0.3, 0.4) is 0 Å². The van der Waals surface area contributed by atoms with Crippen LogP contribution in [-0.4, -0.2) is 26.6 Å². The highest BCUT2D eigenvalue weighted by atomic mass is 16.2. The molecule has 7 heteroatoms. The Morgan fingerprint density at radius 1 is 1.11 bits per heavy atom. The Hall–Kier alpha value is -3.74. The van der Waals surface area contributed by atoms with E-state index < -0.39 is 5.91 Å². The Labute approximate surface area is 163 Å². The zero-order valence-corrected chi connectivity index (χ0v) is 15.7. The summed E-state index contributed by atoms with van der Waals surface area (Å²) in [6.45, 7) is 4.11. The van der Waals surface area contributed by atoms with Gasteiger partial charge in [0.25, 0.3) is 5.91 Å². The minimum absolute atomic E-state index is 0.167. The average molecular weight is 375 g/mol. The summed E-state index contributed by atoms with van der Waals surface area (Å²) < 4.78 is 1.92. The number of aromatic nitrogens is 3. The van der Waals surface area contributed by atoms with E-state index >= 15 is 0 Å². The first-order valence-corrected chi connectivity index (χ1v) is 8.90. The molecule has 28 heavy (non-hydrogen) atoms. The van der Waals surface area contributed by atoms with E-state index in [1.807, 2.05) is 60.0 Å². The third kappa shape index (κ3) is 4.70. The number of anilines is 1. The molecule has 2 amide bonds. The smallest absolute Gasteiger partial charge is 0.272 e. The van der Waals surface area contributed by atoms with Gasteiger partial charge in [0.05, 0.1) is 0 Å². The van der Waals surface area contributed by atoms with E-state index in [0.29, 0.717) is 5.69 Å². The van der Waals surface area contributed by atoms with Crippen LogP contribution in [0.15, 0.2) is 66.6 Å². The molecule has 0 unspecified atom stereocenters. The van der Waals surface area contributed by atoms with E-state index in [1.165, 1.54) is 6.92 Å². The monoisotopic (exact) mass is 375 g/mol. The van der Waals surface area contributed by atoms with Crippen LogP contribution in [0.1, 0.15) is 19.4 Å². The van der Waals surface area contributed by atoms with E-state index in [-0.39, 0.29) is 11.6 Å². The Morgan fingerprint density at radius 2 is 1.89 bits per heavy atom. The summed E-state index contributed by atoms with van der Waals surface area (Å²) in [6, 6.07) is 16.7. The molecular weight excluding hydrogens is 354 g/mol. The molecule has 0 fully saturated rings. The second kappa shape index (κ2) is 8.77. The molecular formula is C21H21N5O2. The lowest BCUT2D eigenvalue weighted by atomic mass is 10.1. The molecule has 7 nitrogen and oxygen atoms in total. The highest BCUT2D eigenvalue weighted by molar-refractivity contribution is 6.08. The van der Waals surface area contributed by atoms with Crippen molar-refractivity contribution >= 4 is 23.6 Å². The normalized spacial score (nSPS) is 11.1. The number of carbonyl (C=O) groups excluding carboxylic acids is 2. The fourth-order valence-corrected chi connectivity index (χ4v) is 2.71. The number of hydrogen-bond acceptors (Lipinski definition) is 4. The molecule has 0 atom stereocenters. The zero-order chi connectivity index (χ0) is 19.9. The van der Waals surface area contributed by atoms with Gasteiger partial charge in [0, 0.05) is 24.7 Å². The van der Waals surface area contributed by atoms with Crippen molar-refractivity contribution in [2.24, 2.45) is 0 Å². The number of nitrogens with zero attached hydrogens (tertiary/aromatic N) is 3. The van der Waals surface area contributed by atoms with Gasteiger partial charge >= 0.3 is 0 Å². The number of hydrogen-bond donors (Lipinski definition) is 2. The maximum Gasteiger partial charge on any atom is 0.272 e. The van der Waals surface area contributed by atoms with Crippen molar-refractivity contribution in [2.45, 2.75) is 20.4 Å². The molecule has 0 bridgehead atoms. The minimum atomic E-state index is -0.409. The van der Waals surface area contributed by atoms with E-state index in [2.05, 4.69) is 20.8 Å². The molecule has 2 N–H and O–H groups in total. The van der Waals surface area contributed by atoms with Gasteiger partial charge in [-0.1, -0.05) is 42.5 Å². The predicted molar refractivity (Wildman–Crippen MR) is 108 cm³/mol. The standard InChI is InChI=1S/C21H21N5O2/c1-3-26-14-22-25-20(26)17-10-7-11-18(13-17)24-21(28)19(23-15(2)27)12-16-8-5-4-6-9-16/h4-14H,3H2,1-2H3,(H,23,27)(H,24,28)/b19-12+. The highest BCUT2D eigenvalue weighted by Crippen LogP contribution is 2.21. The maximum absolute atomic E-state index is 12.7. The number of nitrogens with one attached hydrogen (secondary N) is 2. The van der Waals surface area contributed by atoms with Gasteiger partial charge in [-0.05, 0) is 30.7 Å². The summed E-state index contributed by atoms with van der Waals surface area (Å²) in [4.78, 5) is 24.3. The third-order valence-corrected chi connectivity index (χ3v) is 4.00. The number of carbonyl (C=O) groups is 2. The lowest BCUT2D eigenvalue weighted by molar-refractivity contribution is -0.120. The van der Waals surface area contributed by atoms with Crippen LogP contribution >= 0.6 is 0 Å². The molecule has 0 aliphatic carbocycles. The van der Waals surface area contributed by atoms with Crippen molar-refractivity contribution in [3.05, 3.63) is 72.2 Å². The Morgan fingerprint density at radius 3 is 2.61 bits per heavy atom. The van der Waals surface area contributed by atoms with Gasteiger partial charge in [-0.3, -0.25) is 9.59 Å². The van der Waals surface area contributed by atoms with E-state index in [4.69, 9.17) is 0 Å². The second-order valence-electron chi connectivity index (χ2n) is 6.13. The van der Waals surface area contributed by atoms with Gasteiger partial charge in [0.1, 0.15) is 12.0 Å². The first-order chi connectivity index (χ1) is 13.6. The predicted octanol–water partition coefficient (Wildman–Crippen LogP) is 3.08. The number of amides is 2. The summed E-state index contributed by atoms with van der Waals surface area (Å²) in [5.74, 6) is -0.00389. The first kappa shape index (κ1) is 19.0. The maximum atomic E-state index is 12.7. The average Bonchev–Trinajstić information content (AvgIpc) is 3.17. The summed E-state index contributed by atoms with van der Waals surface area (Å²) in [5.41, 5.74) is 2.41. The quantitative estimate of drug-likeness (QED) is 0.648. The van der Waals surface area contributed by atoms with Crippen LogP contribution < -0.4 is 10.6 Å². The zero-order valence-electron chi connectivity index (χ0n) is 15.7. The molecule has 2 aromatic carbocycles. The summed E-state index contributed by atoms with van der Waals surface area (Å²) >= 11 is 0. The van der Waals surface area contributed by atoms with Gasteiger partial charge in [0.15, 0.2) is 5.82 Å². The van der Waals surface area contributed by atoms with Crippen LogP contribution in [0.5, 0.6) is 0 Å². The van der Waals surface area contributed by atoms with Crippen LogP contribution in [0.4, 0.5) is 5.69 Å². The molecule has 3 rings (SSSR count). The van der Waals surface area contributed by atoms with Crippen LogP contribution in [0.25, 0.3) is 17.5 Å². The number of benzene rings is 2. The summed E-state index contributed by atoms with van der Waals surface area (Å²) in [5, 5.41) is 13.5. The van der Waals surface area contributed by atoms with Gasteiger partial charge < -0.3 is 15.2 Å². The SMILES string of the molecule is CCn1cnnc1-c1cccc(NC(=O)/C(=C\c2ccccc2)NC(C)=O)c1. The van der Waals surface area contributed by atoms with Crippen molar-refractivity contribution in [1.29, 1.82) is 0 Å². The largest absolute Gasteiger partial charge is 0.322 e. The van der Waals surface area contributed by atoms with Gasteiger partial charge in [-0.15, -0.1) is 10.2 Å². The topological polar surface area (TPSA) is 88.9 Å². The first-order valence-electron chi connectivity index (χ1n) is 8.90. The fraction of sp³-hybridized carbons (Fsp3) is 0.143. The Balaban J connectivity index is 1.85. The van der Waals surface area contributed by atoms with E-state index in [9.17, 15) is 9.59 Å². The molecule has 0 spiro atoms. The van der Waals surface area contributed by atoms with Crippen molar-refractivity contribution in [3.8, 4) is 11.4 Å². The summed E-state index contributed by atoms with van der Waals surface area (Å²) in [7, 11) is 0. The number of aryl methyl sites for hydroxylation is 1. The molecule has 1 aromatic heterocycles. The van der Waals surface area contributed by atoms with Gasteiger partial charge in [-0.25, -0.2) is 0 Å². The minimum Gasteiger partial charge on any atom is -0.322 e. The molecule has 142 valence electrons. The molecule has 0 saturated heterocycles. The van der Waals surface area contributed by atoms with Gasteiger partial charge in [-0.2, -0.15) is 0 Å². The molecule has 0 aliphatic rings. The third-order valence-electron chi connectivity index (χ3n) is 4.00. The molecule has 3 aromatic rings. The Kier molecular flexibility index (Phi) is 5.96. The van der Waals surface area contributed by atoms with Crippen molar-refractivity contribution in [1.82, 2.24) is 20.1 Å². The van der Waals surface area contributed by atoms with Crippen molar-refractivity contribution < 1.29 is 9.59 Å². The molecule has 0 aliphatic heterocycles. The van der Waals surface area contributed by atoms with Crippen LogP contribution in [-0.2, 0) is 16.1 Å². The molecule has 0 saturated carbocycles. The van der Waals surface area contributed by atoms with Gasteiger partial charge in [0.2, 0.25) is 5.91 Å². The van der Waals surface area contributed by atoms with Crippen LogP contribution in [0.2, 0.25) is 0 Å². The number of rotatable bonds is 6. The van der Waals surface area contributed by atoms with Crippen LogP contribution in [0, 0.1) is 0 Å². The second-order valence-corrected chi connectivity index (χ2v) is 6.13. The highest BCUT2D eigenvalue weighted by Gasteiger charge is 2.13. The van der Waals surface area contributed by atoms with Crippen molar-refractivity contribution in [2.75, 3.05) is 5.32 Å².